The van der Waals surface area contributed by atoms with Crippen LogP contribution in [0.5, 0.6) is 0 Å². The van der Waals surface area contributed by atoms with Crippen molar-refractivity contribution in [2.75, 3.05) is 0 Å². The Kier molecular flexibility index (Phi) is 4.19. The van der Waals surface area contributed by atoms with Crippen LogP contribution in [0.4, 0.5) is 0 Å². The second-order valence-corrected chi connectivity index (χ2v) is 3.73. The lowest BCUT2D eigenvalue weighted by molar-refractivity contribution is -0.163. The molecule has 1 rings (SSSR count). The number of amides is 1. The van der Waals surface area contributed by atoms with Crippen molar-refractivity contribution in [3.05, 3.63) is 11.8 Å². The Morgan fingerprint density at radius 2 is 1.67 bits per heavy atom. The lowest BCUT2D eigenvalue weighted by atomic mass is 10.2. The van der Waals surface area contributed by atoms with Crippen LogP contribution in [-0.2, 0) is 28.7 Å². The smallest absolute Gasteiger partial charge is 0.303 e. The summed E-state index contributed by atoms with van der Waals surface area (Å²) in [6.07, 6.45) is -1.01. The SMILES string of the molecule is CC(=O)NC1=C[C@@H](OC(C)=O)[C@@H](OC(C)=O)C1=O. The van der Waals surface area contributed by atoms with Gasteiger partial charge in [-0.2, -0.15) is 0 Å². The lowest BCUT2D eigenvalue weighted by Crippen LogP contribution is -2.36. The van der Waals surface area contributed by atoms with Crippen molar-refractivity contribution in [1.29, 1.82) is 0 Å². The number of carbonyl (C=O) groups excluding carboxylic acids is 4. The van der Waals surface area contributed by atoms with Gasteiger partial charge in [-0.25, -0.2) is 0 Å². The van der Waals surface area contributed by atoms with E-state index in [1.165, 1.54) is 19.9 Å². The molecule has 18 heavy (non-hydrogen) atoms. The first-order valence-electron chi connectivity index (χ1n) is 5.19. The molecule has 0 bridgehead atoms. The van der Waals surface area contributed by atoms with E-state index in [9.17, 15) is 19.2 Å². The Bertz CT molecular complexity index is 439. The molecule has 0 fully saturated rings. The van der Waals surface area contributed by atoms with Gasteiger partial charge < -0.3 is 14.8 Å². The van der Waals surface area contributed by atoms with Gasteiger partial charge in [0.25, 0.3) is 0 Å². The average Bonchev–Trinajstić information content (AvgIpc) is 2.44. The van der Waals surface area contributed by atoms with Gasteiger partial charge in [0.05, 0.1) is 5.70 Å². The van der Waals surface area contributed by atoms with Crippen molar-refractivity contribution < 1.29 is 28.7 Å². The van der Waals surface area contributed by atoms with E-state index < -0.39 is 35.8 Å². The number of Topliss-reactive ketones (excluding diaryl/α,β-unsaturated/α-hetero) is 1. The first-order chi connectivity index (χ1) is 8.31. The Balaban J connectivity index is 2.90. The molecule has 0 saturated carbocycles. The third-order valence-corrected chi connectivity index (χ3v) is 2.06. The maximum absolute atomic E-state index is 11.8. The zero-order valence-electron chi connectivity index (χ0n) is 10.2. The van der Waals surface area contributed by atoms with E-state index in [1.54, 1.807) is 0 Å². The summed E-state index contributed by atoms with van der Waals surface area (Å²) in [7, 11) is 0. The van der Waals surface area contributed by atoms with Crippen LogP contribution in [0.15, 0.2) is 11.8 Å². The standard InChI is InChI=1S/C11H13NO6/c1-5(13)12-8-4-9(17-6(2)14)11(10(8)16)18-7(3)15/h4,9,11H,1-3H3,(H,12,13)/t9-,11-/m1/s1. The third kappa shape index (κ3) is 3.41. The second kappa shape index (κ2) is 5.44. The predicted octanol–water partition coefficient (Wildman–Crippen LogP) is -0.548. The Labute approximate surface area is 103 Å². The summed E-state index contributed by atoms with van der Waals surface area (Å²) in [5, 5.41) is 2.29. The van der Waals surface area contributed by atoms with E-state index >= 15 is 0 Å². The van der Waals surface area contributed by atoms with E-state index in [0.717, 1.165) is 6.92 Å². The minimum absolute atomic E-state index is 0.0417. The highest BCUT2D eigenvalue weighted by Crippen LogP contribution is 2.20. The first-order valence-corrected chi connectivity index (χ1v) is 5.19. The highest BCUT2D eigenvalue weighted by atomic mass is 16.6. The van der Waals surface area contributed by atoms with Gasteiger partial charge in [-0.05, 0) is 6.08 Å². The van der Waals surface area contributed by atoms with Crippen molar-refractivity contribution in [1.82, 2.24) is 5.32 Å². The second-order valence-electron chi connectivity index (χ2n) is 3.73. The van der Waals surface area contributed by atoms with Crippen LogP contribution in [0.2, 0.25) is 0 Å². The third-order valence-electron chi connectivity index (χ3n) is 2.06. The van der Waals surface area contributed by atoms with Gasteiger partial charge >= 0.3 is 11.9 Å². The van der Waals surface area contributed by atoms with Gasteiger partial charge in [-0.1, -0.05) is 0 Å². The van der Waals surface area contributed by atoms with E-state index in [-0.39, 0.29) is 5.70 Å². The Morgan fingerprint density at radius 3 is 2.11 bits per heavy atom. The molecule has 0 heterocycles. The summed E-state index contributed by atoms with van der Waals surface area (Å²) >= 11 is 0. The summed E-state index contributed by atoms with van der Waals surface area (Å²) in [6.45, 7) is 3.53. The van der Waals surface area contributed by atoms with Crippen LogP contribution in [0.1, 0.15) is 20.8 Å². The average molecular weight is 255 g/mol. The molecule has 0 spiro atoms. The number of esters is 2. The van der Waals surface area contributed by atoms with Crippen LogP contribution in [-0.4, -0.2) is 35.8 Å². The molecule has 1 N–H and O–H groups in total. The Hall–Kier alpha value is -2.18. The lowest BCUT2D eigenvalue weighted by Gasteiger charge is -2.17. The van der Waals surface area contributed by atoms with Crippen molar-refractivity contribution in [2.24, 2.45) is 0 Å². The maximum Gasteiger partial charge on any atom is 0.303 e. The zero-order valence-corrected chi connectivity index (χ0v) is 10.2. The number of ketones is 1. The fraction of sp³-hybridized carbons (Fsp3) is 0.455. The van der Waals surface area contributed by atoms with Crippen LogP contribution in [0.25, 0.3) is 0 Å². The van der Waals surface area contributed by atoms with Crippen molar-refractivity contribution in [2.45, 2.75) is 33.0 Å². The quantitative estimate of drug-likeness (QED) is 0.679. The molecule has 0 aromatic heterocycles. The number of ether oxygens (including phenoxy) is 2. The highest BCUT2D eigenvalue weighted by molar-refractivity contribution is 6.05. The molecule has 7 nitrogen and oxygen atoms in total. The van der Waals surface area contributed by atoms with Gasteiger partial charge in [-0.15, -0.1) is 0 Å². The van der Waals surface area contributed by atoms with Gasteiger partial charge in [0.1, 0.15) is 0 Å². The summed E-state index contributed by atoms with van der Waals surface area (Å²) in [4.78, 5) is 44.5. The molecule has 0 radical (unpaired) electrons. The zero-order chi connectivity index (χ0) is 13.9. The van der Waals surface area contributed by atoms with E-state index in [2.05, 4.69) is 5.32 Å². The van der Waals surface area contributed by atoms with Crippen LogP contribution < -0.4 is 5.32 Å². The summed E-state index contributed by atoms with van der Waals surface area (Å²) in [5.74, 6) is -2.35. The number of hydrogen-bond acceptors (Lipinski definition) is 6. The van der Waals surface area contributed by atoms with Gasteiger partial charge in [0.15, 0.2) is 6.10 Å². The van der Waals surface area contributed by atoms with Crippen molar-refractivity contribution >= 4 is 23.6 Å². The number of hydrogen-bond donors (Lipinski definition) is 1. The molecule has 7 heteroatoms. The minimum atomic E-state index is -1.24. The monoisotopic (exact) mass is 255 g/mol. The fourth-order valence-corrected chi connectivity index (χ4v) is 1.52. The molecule has 1 aliphatic rings. The number of rotatable bonds is 3. The van der Waals surface area contributed by atoms with Crippen molar-refractivity contribution in [3.8, 4) is 0 Å². The molecule has 0 aromatic carbocycles. The van der Waals surface area contributed by atoms with Gasteiger partial charge in [0.2, 0.25) is 17.8 Å². The molecule has 1 aliphatic carbocycles. The normalized spacial score (nSPS) is 22.2. The molecule has 0 unspecified atom stereocenters. The van der Waals surface area contributed by atoms with E-state index in [0.29, 0.717) is 0 Å². The molecule has 2 atom stereocenters. The molecular formula is C11H13NO6. The van der Waals surface area contributed by atoms with Gasteiger partial charge in [-0.3, -0.25) is 19.2 Å². The maximum atomic E-state index is 11.8. The summed E-state index contributed by atoms with van der Waals surface area (Å²) in [6, 6.07) is 0. The van der Waals surface area contributed by atoms with E-state index in [1.807, 2.05) is 0 Å². The molecule has 0 saturated heterocycles. The first kappa shape index (κ1) is 13.9. The summed E-state index contributed by atoms with van der Waals surface area (Å²) < 4.78 is 9.62. The van der Waals surface area contributed by atoms with Crippen molar-refractivity contribution in [3.63, 3.8) is 0 Å². The molecular weight excluding hydrogens is 242 g/mol. The van der Waals surface area contributed by atoms with Crippen LogP contribution in [0.3, 0.4) is 0 Å². The largest absolute Gasteiger partial charge is 0.454 e. The minimum Gasteiger partial charge on any atom is -0.454 e. The molecule has 0 aromatic rings. The number of carbonyl (C=O) groups is 4. The fourth-order valence-electron chi connectivity index (χ4n) is 1.52. The van der Waals surface area contributed by atoms with E-state index in [4.69, 9.17) is 9.47 Å². The predicted molar refractivity (Wildman–Crippen MR) is 58.0 cm³/mol. The topological polar surface area (TPSA) is 98.8 Å². The van der Waals surface area contributed by atoms with Gasteiger partial charge in [0, 0.05) is 20.8 Å². The highest BCUT2D eigenvalue weighted by Gasteiger charge is 2.41. The molecule has 0 aliphatic heterocycles. The summed E-state index contributed by atoms with van der Waals surface area (Å²) in [5.41, 5.74) is -0.0417. The van der Waals surface area contributed by atoms with Crippen LogP contribution in [0, 0.1) is 0 Å². The molecule has 1 amide bonds. The van der Waals surface area contributed by atoms with Crippen LogP contribution >= 0.6 is 0 Å². The number of nitrogens with one attached hydrogen (secondary N) is 1. The molecule has 98 valence electrons. The Morgan fingerprint density at radius 1 is 1.11 bits per heavy atom.